The van der Waals surface area contributed by atoms with Gasteiger partial charge < -0.3 is 14.3 Å². The second kappa shape index (κ2) is 9.13. The van der Waals surface area contributed by atoms with Crippen LogP contribution in [0.1, 0.15) is 31.7 Å². The van der Waals surface area contributed by atoms with Crippen molar-refractivity contribution in [3.63, 3.8) is 0 Å². The maximum Gasteiger partial charge on any atom is 0.268 e. The van der Waals surface area contributed by atoms with Crippen molar-refractivity contribution < 1.29 is 22.7 Å². The SMILES string of the molecule is CCCCOc1ccc(S(=O)(=O)n2cc(CCC=O)c3cc(OC)ccc32)cc1. The average molecular weight is 416 g/mol. The molecule has 0 radical (unpaired) electrons. The van der Waals surface area contributed by atoms with E-state index in [0.717, 1.165) is 30.1 Å². The number of nitrogens with zero attached hydrogens (tertiary/aromatic N) is 1. The Labute approximate surface area is 171 Å². The van der Waals surface area contributed by atoms with Crippen LogP contribution in [0.4, 0.5) is 0 Å². The van der Waals surface area contributed by atoms with Crippen molar-refractivity contribution in [2.45, 2.75) is 37.5 Å². The van der Waals surface area contributed by atoms with E-state index >= 15 is 0 Å². The Morgan fingerprint density at radius 3 is 2.45 bits per heavy atom. The lowest BCUT2D eigenvalue weighted by Crippen LogP contribution is -2.12. The van der Waals surface area contributed by atoms with Crippen molar-refractivity contribution in [2.24, 2.45) is 0 Å². The summed E-state index contributed by atoms with van der Waals surface area (Å²) in [5.41, 5.74) is 1.34. The number of fused-ring (bicyclic) bond motifs is 1. The van der Waals surface area contributed by atoms with Gasteiger partial charge in [0.1, 0.15) is 17.8 Å². The Bertz CT molecular complexity index is 1080. The van der Waals surface area contributed by atoms with E-state index in [2.05, 4.69) is 6.92 Å². The van der Waals surface area contributed by atoms with Gasteiger partial charge in [-0.25, -0.2) is 12.4 Å². The number of unbranched alkanes of at least 4 members (excludes halogenated alkanes) is 1. The molecule has 0 fully saturated rings. The minimum Gasteiger partial charge on any atom is -0.497 e. The van der Waals surface area contributed by atoms with Gasteiger partial charge in [-0.3, -0.25) is 0 Å². The normalized spacial score (nSPS) is 11.5. The van der Waals surface area contributed by atoms with E-state index in [1.807, 2.05) is 0 Å². The number of hydrogen-bond acceptors (Lipinski definition) is 5. The summed E-state index contributed by atoms with van der Waals surface area (Å²) in [6.45, 7) is 2.69. The summed E-state index contributed by atoms with van der Waals surface area (Å²) in [6, 6.07) is 11.7. The van der Waals surface area contributed by atoms with E-state index in [4.69, 9.17) is 9.47 Å². The number of aldehydes is 1. The highest BCUT2D eigenvalue weighted by Crippen LogP contribution is 2.30. The summed E-state index contributed by atoms with van der Waals surface area (Å²) in [5, 5.41) is 0.759. The van der Waals surface area contributed by atoms with Gasteiger partial charge in [-0.2, -0.15) is 0 Å². The summed E-state index contributed by atoms with van der Waals surface area (Å²) >= 11 is 0. The summed E-state index contributed by atoms with van der Waals surface area (Å²) in [4.78, 5) is 11.0. The van der Waals surface area contributed by atoms with Crippen LogP contribution in [0.5, 0.6) is 11.5 Å². The van der Waals surface area contributed by atoms with Crippen LogP contribution in [0.2, 0.25) is 0 Å². The second-order valence-electron chi connectivity index (χ2n) is 6.72. The molecular weight excluding hydrogens is 390 g/mol. The van der Waals surface area contributed by atoms with Crippen molar-refractivity contribution in [1.82, 2.24) is 3.97 Å². The number of rotatable bonds is 10. The largest absolute Gasteiger partial charge is 0.497 e. The molecule has 0 saturated carbocycles. The summed E-state index contributed by atoms with van der Waals surface area (Å²) in [7, 11) is -2.24. The van der Waals surface area contributed by atoms with Crippen LogP contribution < -0.4 is 9.47 Å². The van der Waals surface area contributed by atoms with Gasteiger partial charge in [0.15, 0.2) is 0 Å². The monoisotopic (exact) mass is 415 g/mol. The maximum absolute atomic E-state index is 13.3. The molecule has 1 aromatic heterocycles. The van der Waals surface area contributed by atoms with Crippen LogP contribution in [-0.2, 0) is 21.2 Å². The molecule has 0 aliphatic carbocycles. The van der Waals surface area contributed by atoms with E-state index in [1.54, 1.807) is 55.8 Å². The van der Waals surface area contributed by atoms with Crippen molar-refractivity contribution in [2.75, 3.05) is 13.7 Å². The number of aryl methyl sites for hydroxylation is 1. The lowest BCUT2D eigenvalue weighted by molar-refractivity contribution is -0.107. The fourth-order valence-corrected chi connectivity index (χ4v) is 4.53. The van der Waals surface area contributed by atoms with Gasteiger partial charge in [0.25, 0.3) is 10.0 Å². The van der Waals surface area contributed by atoms with Crippen molar-refractivity contribution >= 4 is 27.2 Å². The minimum atomic E-state index is -3.80. The second-order valence-corrected chi connectivity index (χ2v) is 8.53. The van der Waals surface area contributed by atoms with E-state index in [1.165, 1.54) is 3.97 Å². The molecule has 6 nitrogen and oxygen atoms in total. The first-order chi connectivity index (χ1) is 14.0. The molecule has 0 bridgehead atoms. The highest BCUT2D eigenvalue weighted by molar-refractivity contribution is 7.90. The van der Waals surface area contributed by atoms with Crippen LogP contribution in [-0.4, -0.2) is 32.4 Å². The number of ether oxygens (including phenoxy) is 2. The van der Waals surface area contributed by atoms with Crippen LogP contribution in [0.25, 0.3) is 10.9 Å². The molecule has 0 amide bonds. The molecule has 0 N–H and O–H groups in total. The van der Waals surface area contributed by atoms with Crippen molar-refractivity contribution in [1.29, 1.82) is 0 Å². The number of benzene rings is 2. The summed E-state index contributed by atoms with van der Waals surface area (Å²) < 4.78 is 38.7. The van der Waals surface area contributed by atoms with Crippen LogP contribution in [0, 0.1) is 0 Å². The molecule has 154 valence electrons. The first kappa shape index (κ1) is 20.9. The molecule has 3 rings (SSSR count). The third kappa shape index (κ3) is 4.45. The Hall–Kier alpha value is -2.80. The molecule has 0 aliphatic heterocycles. The molecule has 7 heteroatoms. The van der Waals surface area contributed by atoms with Crippen molar-refractivity contribution in [3.05, 3.63) is 54.2 Å². The Kier molecular flexibility index (Phi) is 6.59. The number of methoxy groups -OCH3 is 1. The van der Waals surface area contributed by atoms with Gasteiger partial charge in [0, 0.05) is 18.0 Å². The fraction of sp³-hybridized carbons (Fsp3) is 0.318. The van der Waals surface area contributed by atoms with E-state index < -0.39 is 10.0 Å². The van der Waals surface area contributed by atoms with Crippen LogP contribution in [0.15, 0.2) is 53.6 Å². The Morgan fingerprint density at radius 1 is 1.07 bits per heavy atom. The Balaban J connectivity index is 2.00. The molecule has 1 heterocycles. The smallest absolute Gasteiger partial charge is 0.268 e. The Morgan fingerprint density at radius 2 is 1.79 bits per heavy atom. The van der Waals surface area contributed by atoms with Gasteiger partial charge in [0.2, 0.25) is 0 Å². The number of aromatic nitrogens is 1. The zero-order valence-electron chi connectivity index (χ0n) is 16.6. The topological polar surface area (TPSA) is 74.6 Å². The molecule has 29 heavy (non-hydrogen) atoms. The standard InChI is InChI=1S/C22H25NO5S/c1-3-4-14-28-18-7-10-20(11-8-18)29(25,26)23-16-17(6-5-13-24)21-15-19(27-2)9-12-22(21)23/h7-13,15-16H,3-6,14H2,1-2H3. The summed E-state index contributed by atoms with van der Waals surface area (Å²) in [6.07, 6.45) is 5.18. The van der Waals surface area contributed by atoms with Crippen LogP contribution in [0.3, 0.4) is 0 Å². The minimum absolute atomic E-state index is 0.176. The van der Waals surface area contributed by atoms with E-state index in [-0.39, 0.29) is 4.90 Å². The van der Waals surface area contributed by atoms with Gasteiger partial charge >= 0.3 is 0 Å². The third-order valence-electron chi connectivity index (χ3n) is 4.74. The molecule has 0 spiro atoms. The highest BCUT2D eigenvalue weighted by Gasteiger charge is 2.21. The van der Waals surface area contributed by atoms with E-state index in [0.29, 0.717) is 36.5 Å². The van der Waals surface area contributed by atoms with Crippen LogP contribution >= 0.6 is 0 Å². The molecule has 0 aliphatic rings. The third-order valence-corrected chi connectivity index (χ3v) is 6.43. The molecule has 0 saturated heterocycles. The van der Waals surface area contributed by atoms with Gasteiger partial charge in [0.05, 0.1) is 24.1 Å². The summed E-state index contributed by atoms with van der Waals surface area (Å²) in [5.74, 6) is 1.28. The zero-order valence-corrected chi connectivity index (χ0v) is 17.4. The van der Waals surface area contributed by atoms with Gasteiger partial charge in [-0.1, -0.05) is 13.3 Å². The molecular formula is C22H25NO5S. The maximum atomic E-state index is 13.3. The molecule has 0 atom stereocenters. The van der Waals surface area contributed by atoms with Gasteiger partial charge in [-0.05, 0) is 60.9 Å². The number of carbonyl (C=O) groups excluding carboxylic acids is 1. The zero-order chi connectivity index (χ0) is 20.9. The fourth-order valence-electron chi connectivity index (χ4n) is 3.14. The van der Waals surface area contributed by atoms with Crippen molar-refractivity contribution in [3.8, 4) is 11.5 Å². The van der Waals surface area contributed by atoms with Gasteiger partial charge in [-0.15, -0.1) is 0 Å². The average Bonchev–Trinajstić information content (AvgIpc) is 3.11. The highest BCUT2D eigenvalue weighted by atomic mass is 32.2. The first-order valence-electron chi connectivity index (χ1n) is 9.61. The predicted octanol–water partition coefficient (Wildman–Crippen LogP) is 4.20. The molecule has 2 aromatic carbocycles. The number of hydrogen-bond donors (Lipinski definition) is 0. The first-order valence-corrected chi connectivity index (χ1v) is 11.0. The lowest BCUT2D eigenvalue weighted by Gasteiger charge is -2.10. The predicted molar refractivity (Wildman–Crippen MR) is 112 cm³/mol. The quantitative estimate of drug-likeness (QED) is 0.366. The molecule has 3 aromatic rings. The molecule has 0 unspecified atom stereocenters. The number of carbonyl (C=O) groups is 1. The lowest BCUT2D eigenvalue weighted by atomic mass is 10.1. The van der Waals surface area contributed by atoms with E-state index in [9.17, 15) is 13.2 Å².